The van der Waals surface area contributed by atoms with E-state index in [2.05, 4.69) is 27.5 Å². The van der Waals surface area contributed by atoms with Crippen LogP contribution in [0.15, 0.2) is 42.5 Å². The summed E-state index contributed by atoms with van der Waals surface area (Å²) >= 11 is 0. The number of hydrogen-bond acceptors (Lipinski definition) is 7. The van der Waals surface area contributed by atoms with Gasteiger partial charge in [0, 0.05) is 42.5 Å². The number of rotatable bonds is 3. The number of nitrogens with one attached hydrogen (secondary N) is 1. The topological polar surface area (TPSA) is 98.1 Å². The molecule has 0 atom stereocenters. The Morgan fingerprint density at radius 3 is 2.84 bits per heavy atom. The Hall–Kier alpha value is -3.88. The van der Waals surface area contributed by atoms with Gasteiger partial charge in [-0.05, 0) is 45.1 Å². The summed E-state index contributed by atoms with van der Waals surface area (Å²) in [5.74, 6) is 1.55. The van der Waals surface area contributed by atoms with Gasteiger partial charge in [-0.25, -0.2) is 4.98 Å². The van der Waals surface area contributed by atoms with Crippen molar-refractivity contribution in [3.05, 3.63) is 65.0 Å². The van der Waals surface area contributed by atoms with E-state index in [1.807, 2.05) is 31.2 Å². The number of piperidine rings is 1. The maximum atomic E-state index is 13.1. The molecule has 6 rings (SSSR count). The van der Waals surface area contributed by atoms with Gasteiger partial charge in [0.05, 0.1) is 13.0 Å². The minimum Gasteiger partial charge on any atom is -0.489 e. The fourth-order valence-electron chi connectivity index (χ4n) is 5.07. The number of benzene rings is 1. The van der Waals surface area contributed by atoms with Crippen LogP contribution >= 0.6 is 0 Å². The second-order valence-corrected chi connectivity index (χ2v) is 9.52. The molecule has 3 aromatic rings. The summed E-state index contributed by atoms with van der Waals surface area (Å²) in [6.07, 6.45) is 7.42. The van der Waals surface area contributed by atoms with E-state index < -0.39 is 0 Å². The highest BCUT2D eigenvalue weighted by Gasteiger charge is 2.27. The van der Waals surface area contributed by atoms with Crippen molar-refractivity contribution in [2.45, 2.75) is 46.1 Å². The second kappa shape index (κ2) is 11.0. The number of aryl methyl sites for hydroxylation is 1. The Morgan fingerprint density at radius 1 is 1.22 bits per heavy atom. The van der Waals surface area contributed by atoms with Gasteiger partial charge in [-0.2, -0.15) is 9.61 Å². The van der Waals surface area contributed by atoms with E-state index in [0.717, 1.165) is 60.7 Å². The molecule has 3 aliphatic heterocycles. The van der Waals surface area contributed by atoms with Gasteiger partial charge in [-0.15, -0.1) is 0 Å². The molecule has 0 saturated carbocycles. The molecule has 37 heavy (non-hydrogen) atoms. The van der Waals surface area contributed by atoms with Crippen molar-refractivity contribution in [3.8, 4) is 5.75 Å². The second-order valence-electron chi connectivity index (χ2n) is 9.52. The summed E-state index contributed by atoms with van der Waals surface area (Å²) in [7, 11) is 0. The first-order valence-corrected chi connectivity index (χ1v) is 13.0. The number of hydrogen-bond donors (Lipinski definition) is 1. The summed E-state index contributed by atoms with van der Waals surface area (Å²) in [6.45, 7) is 6.48. The van der Waals surface area contributed by atoms with Crippen molar-refractivity contribution in [1.29, 1.82) is 0 Å². The van der Waals surface area contributed by atoms with Gasteiger partial charge in [-0.3, -0.25) is 9.59 Å². The molecule has 1 saturated heterocycles. The number of para-hydroxylation sites is 1. The average molecular weight is 504 g/mol. The number of aromatic nitrogens is 3. The van der Waals surface area contributed by atoms with Crippen LogP contribution in [0.5, 0.6) is 5.75 Å². The van der Waals surface area contributed by atoms with Crippen molar-refractivity contribution >= 4 is 23.3 Å². The molecule has 0 spiro atoms. The lowest BCUT2D eigenvalue weighted by atomic mass is 9.93. The van der Waals surface area contributed by atoms with E-state index >= 15 is 0 Å². The summed E-state index contributed by atoms with van der Waals surface area (Å²) in [4.78, 5) is 32.6. The summed E-state index contributed by atoms with van der Waals surface area (Å²) in [6, 6.07) is 9.41. The van der Waals surface area contributed by atoms with Crippen LogP contribution in [0.3, 0.4) is 0 Å². The van der Waals surface area contributed by atoms with Crippen molar-refractivity contribution < 1.29 is 19.1 Å². The molecule has 0 radical (unpaired) electrons. The number of carbonyl (C=O) groups is 2. The van der Waals surface area contributed by atoms with Crippen molar-refractivity contribution in [1.82, 2.24) is 19.9 Å². The summed E-state index contributed by atoms with van der Waals surface area (Å²) in [5.41, 5.74) is 3.28. The molecule has 4 bridgehead atoms. The maximum Gasteiger partial charge on any atom is 0.310 e. The normalized spacial score (nSPS) is 17.6. The third-order valence-corrected chi connectivity index (χ3v) is 7.04. The van der Waals surface area contributed by atoms with Crippen LogP contribution in [0.25, 0.3) is 5.65 Å². The van der Waals surface area contributed by atoms with Gasteiger partial charge in [0.15, 0.2) is 11.3 Å². The predicted molar refractivity (Wildman–Crippen MR) is 140 cm³/mol. The van der Waals surface area contributed by atoms with Crippen molar-refractivity contribution in [3.63, 3.8) is 0 Å². The lowest BCUT2D eigenvalue weighted by molar-refractivity contribution is -0.142. The van der Waals surface area contributed by atoms with Gasteiger partial charge in [-0.1, -0.05) is 30.4 Å². The van der Waals surface area contributed by atoms with E-state index in [0.29, 0.717) is 31.3 Å². The predicted octanol–water partition coefficient (Wildman–Crippen LogP) is 3.63. The van der Waals surface area contributed by atoms with Crippen LogP contribution in [0.1, 0.15) is 53.5 Å². The Kier molecular flexibility index (Phi) is 7.39. The van der Waals surface area contributed by atoms with Crippen LogP contribution in [0.2, 0.25) is 0 Å². The molecule has 0 unspecified atom stereocenters. The third kappa shape index (κ3) is 5.45. The highest BCUT2D eigenvalue weighted by atomic mass is 16.5. The molecule has 0 aliphatic carbocycles. The zero-order chi connectivity index (χ0) is 25.8. The largest absolute Gasteiger partial charge is 0.489 e. The Balaban J connectivity index is 1.55. The fourth-order valence-corrected chi connectivity index (χ4v) is 5.07. The minimum atomic E-state index is -0.298. The van der Waals surface area contributed by atoms with E-state index in [9.17, 15) is 9.59 Å². The Labute approximate surface area is 216 Å². The fraction of sp³-hybridized carbons (Fsp3) is 0.429. The minimum absolute atomic E-state index is 0.110. The van der Waals surface area contributed by atoms with E-state index in [1.54, 1.807) is 17.5 Å². The van der Waals surface area contributed by atoms with E-state index in [1.165, 1.54) is 0 Å². The van der Waals surface area contributed by atoms with Gasteiger partial charge >= 0.3 is 5.97 Å². The first-order chi connectivity index (χ1) is 18.0. The number of carbonyl (C=O) groups excluding carboxylic acids is 2. The zero-order valence-electron chi connectivity index (χ0n) is 21.4. The highest BCUT2D eigenvalue weighted by molar-refractivity contribution is 5.93. The van der Waals surface area contributed by atoms with Crippen LogP contribution < -0.4 is 15.0 Å². The van der Waals surface area contributed by atoms with Gasteiger partial charge < -0.3 is 19.7 Å². The molecule has 194 valence electrons. The van der Waals surface area contributed by atoms with Gasteiger partial charge in [0.2, 0.25) is 0 Å². The number of amides is 1. The molecular formula is C28H33N5O4. The first-order valence-electron chi connectivity index (χ1n) is 13.0. The zero-order valence-corrected chi connectivity index (χ0v) is 21.4. The Bertz CT molecular complexity index is 1320. The number of anilines is 1. The van der Waals surface area contributed by atoms with Crippen molar-refractivity contribution in [2.75, 3.05) is 31.2 Å². The molecule has 2 aromatic heterocycles. The molecule has 3 aliphatic rings. The quantitative estimate of drug-likeness (QED) is 0.431. The van der Waals surface area contributed by atoms with Crippen LogP contribution in [0.4, 0.5) is 5.82 Å². The summed E-state index contributed by atoms with van der Waals surface area (Å²) in [5, 5.41) is 7.63. The van der Waals surface area contributed by atoms with Crippen molar-refractivity contribution in [2.24, 2.45) is 5.92 Å². The highest BCUT2D eigenvalue weighted by Crippen LogP contribution is 2.31. The summed E-state index contributed by atoms with van der Waals surface area (Å²) < 4.78 is 13.0. The molecule has 5 heterocycles. The van der Waals surface area contributed by atoms with E-state index in [4.69, 9.17) is 14.5 Å². The molecule has 1 aromatic carbocycles. The molecule has 1 amide bonds. The Morgan fingerprint density at radius 2 is 2.03 bits per heavy atom. The number of ether oxygens (including phenoxy) is 2. The molecular weight excluding hydrogens is 470 g/mol. The smallest absolute Gasteiger partial charge is 0.310 e. The van der Waals surface area contributed by atoms with E-state index in [-0.39, 0.29) is 24.0 Å². The first kappa shape index (κ1) is 24.8. The monoisotopic (exact) mass is 503 g/mol. The maximum absolute atomic E-state index is 13.1. The lowest BCUT2D eigenvalue weighted by Gasteiger charge is -2.34. The number of nitrogens with zero attached hydrogens (tertiary/aromatic N) is 4. The van der Waals surface area contributed by atoms with Gasteiger partial charge in [0.25, 0.3) is 5.91 Å². The number of esters is 1. The SMILES string of the molecule is CCOC(=O)Cc1c(C)nc2cc3nn2c1N1CCC(C/C=C/COc2ccccc2CNC3=O)CC1. The lowest BCUT2D eigenvalue weighted by Crippen LogP contribution is -2.36. The average Bonchev–Trinajstić information content (AvgIpc) is 3.32. The molecule has 9 heteroatoms. The molecule has 1 N–H and O–H groups in total. The standard InChI is InChI=1S/C28H33N5O4/c1-3-36-26(34)16-22-19(2)30-25-17-23-27(35)29-18-21-9-4-5-10-24(21)37-15-7-6-8-20-11-13-32(14-12-20)28(22)33(25)31-23/h4-7,9-10,17,20H,3,8,11-16,18H2,1-2H3,(H,29,35)/b7-6+. The van der Waals surface area contributed by atoms with Crippen LogP contribution in [-0.2, 0) is 22.5 Å². The molecule has 9 nitrogen and oxygen atoms in total. The number of fused-ring (bicyclic) bond motifs is 7. The van der Waals surface area contributed by atoms with Crippen LogP contribution in [-0.4, -0.2) is 52.8 Å². The third-order valence-electron chi connectivity index (χ3n) is 7.04. The molecule has 1 fully saturated rings. The van der Waals surface area contributed by atoms with Gasteiger partial charge in [0.1, 0.15) is 18.2 Å². The number of allylic oxidation sites excluding steroid dienone is 1. The van der Waals surface area contributed by atoms with Crippen LogP contribution in [0, 0.1) is 12.8 Å².